The molecule has 2 atom stereocenters. The number of nitrogen functional groups attached to an aromatic ring is 1. The van der Waals surface area contributed by atoms with E-state index in [1.807, 2.05) is 0 Å². The molecule has 0 radical (unpaired) electrons. The molecule has 1 aliphatic rings. The number of phenolic OH excluding ortho intramolecular Hbond substituents is 1. The molecule has 2 aromatic carbocycles. The molecule has 0 aliphatic carbocycles. The van der Waals surface area contributed by atoms with E-state index in [9.17, 15) is 24.2 Å². The van der Waals surface area contributed by atoms with Gasteiger partial charge in [0.1, 0.15) is 22.6 Å². The highest BCUT2D eigenvalue weighted by molar-refractivity contribution is 5.98. The summed E-state index contributed by atoms with van der Waals surface area (Å²) in [5.41, 5.74) is 4.32. The number of aliphatic hydroxyl groups is 1. The van der Waals surface area contributed by atoms with E-state index in [1.54, 1.807) is 30.5 Å². The summed E-state index contributed by atoms with van der Waals surface area (Å²) >= 11 is 0. The SMILES string of the molecule is COc1cc(-n2ccc(N3CCO[C@H](C(O)(CNC(=O)c4ccccc4O)Cc4cc(F)c5c(N)noc5c4)C3=O)n2)cnn1. The molecule has 16 heteroatoms. The number of hydrogen-bond acceptors (Lipinski definition) is 12. The van der Waals surface area contributed by atoms with Crippen LogP contribution in [0, 0.1) is 5.82 Å². The predicted molar refractivity (Wildman–Crippen MR) is 155 cm³/mol. The number of amides is 2. The molecule has 45 heavy (non-hydrogen) atoms. The first-order chi connectivity index (χ1) is 21.7. The monoisotopic (exact) mass is 618 g/mol. The number of aromatic hydroxyl groups is 1. The van der Waals surface area contributed by atoms with Gasteiger partial charge in [-0.1, -0.05) is 17.3 Å². The van der Waals surface area contributed by atoms with Gasteiger partial charge in [0, 0.05) is 24.8 Å². The quantitative estimate of drug-likeness (QED) is 0.185. The zero-order chi connectivity index (χ0) is 31.7. The Hall–Kier alpha value is -5.61. The predicted octanol–water partition coefficient (Wildman–Crippen LogP) is 1.37. The fourth-order valence-electron chi connectivity index (χ4n) is 5.16. The van der Waals surface area contributed by atoms with Crippen LogP contribution in [0.3, 0.4) is 0 Å². The van der Waals surface area contributed by atoms with Crippen molar-refractivity contribution in [2.24, 2.45) is 0 Å². The molecule has 1 aliphatic heterocycles. The smallest absolute Gasteiger partial charge is 0.260 e. The Kier molecular flexibility index (Phi) is 7.74. The first-order valence-corrected chi connectivity index (χ1v) is 13.6. The molecule has 5 aromatic rings. The van der Waals surface area contributed by atoms with Gasteiger partial charge in [0.25, 0.3) is 11.8 Å². The molecule has 0 saturated carbocycles. The molecule has 15 nitrogen and oxygen atoms in total. The third-order valence-electron chi connectivity index (χ3n) is 7.35. The fraction of sp³-hybridized carbons (Fsp3) is 0.241. The largest absolute Gasteiger partial charge is 0.507 e. The number of rotatable bonds is 9. The van der Waals surface area contributed by atoms with Gasteiger partial charge < -0.3 is 35.3 Å². The van der Waals surface area contributed by atoms with Gasteiger partial charge in [0.05, 0.1) is 44.3 Å². The van der Waals surface area contributed by atoms with Crippen LogP contribution in [0.15, 0.2) is 65.4 Å². The van der Waals surface area contributed by atoms with Crippen molar-refractivity contribution in [3.05, 3.63) is 77.9 Å². The van der Waals surface area contributed by atoms with Crippen molar-refractivity contribution < 1.29 is 38.2 Å². The van der Waals surface area contributed by atoms with E-state index in [2.05, 4.69) is 25.8 Å². The topological polar surface area (TPSA) is 204 Å². The van der Waals surface area contributed by atoms with Crippen LogP contribution in [-0.2, 0) is 16.0 Å². The highest BCUT2D eigenvalue weighted by Crippen LogP contribution is 2.31. The number of nitrogens with zero attached hydrogens (tertiary/aromatic N) is 6. The summed E-state index contributed by atoms with van der Waals surface area (Å²) in [6.07, 6.45) is 1.20. The summed E-state index contributed by atoms with van der Waals surface area (Å²) in [4.78, 5) is 28.3. The zero-order valence-corrected chi connectivity index (χ0v) is 23.8. The molecule has 6 rings (SSSR count). The molecule has 1 unspecified atom stereocenters. The van der Waals surface area contributed by atoms with Crippen molar-refractivity contribution in [1.82, 2.24) is 30.5 Å². The van der Waals surface area contributed by atoms with Gasteiger partial charge in [-0.25, -0.2) is 9.07 Å². The minimum atomic E-state index is -2.12. The maximum absolute atomic E-state index is 15.0. The first-order valence-electron chi connectivity index (χ1n) is 13.6. The number of nitrogens with two attached hydrogens (primary N) is 1. The minimum absolute atomic E-state index is 0.00959. The number of methoxy groups -OCH3 is 1. The van der Waals surface area contributed by atoms with Crippen LogP contribution in [0.25, 0.3) is 16.7 Å². The van der Waals surface area contributed by atoms with Crippen LogP contribution in [0.4, 0.5) is 16.0 Å². The fourth-order valence-corrected chi connectivity index (χ4v) is 5.16. The van der Waals surface area contributed by atoms with Gasteiger partial charge in [0.15, 0.2) is 23.3 Å². The second-order valence-corrected chi connectivity index (χ2v) is 10.3. The molecule has 1 fully saturated rings. The van der Waals surface area contributed by atoms with E-state index >= 15 is 0 Å². The van der Waals surface area contributed by atoms with Gasteiger partial charge in [-0.3, -0.25) is 14.5 Å². The number of nitrogens with one attached hydrogen (secondary N) is 1. The van der Waals surface area contributed by atoms with Gasteiger partial charge >= 0.3 is 0 Å². The maximum atomic E-state index is 15.0. The number of para-hydroxylation sites is 1. The van der Waals surface area contributed by atoms with E-state index in [-0.39, 0.29) is 64.9 Å². The molecule has 5 N–H and O–H groups in total. The zero-order valence-electron chi connectivity index (χ0n) is 23.8. The third-order valence-corrected chi connectivity index (χ3v) is 7.35. The Morgan fingerprint density at radius 3 is 2.89 bits per heavy atom. The minimum Gasteiger partial charge on any atom is -0.507 e. The Morgan fingerprint density at radius 2 is 2.09 bits per heavy atom. The van der Waals surface area contributed by atoms with Crippen molar-refractivity contribution in [3.8, 4) is 17.3 Å². The standard InChI is InChI=1S/C29H27FN8O7/c1-43-23-12-17(14-33-34-23)38-7-6-22(35-38)37-8-9-44-25(28(37)41)29(42,15-32-27(40)18-4-2-3-5-20(18)39)13-16-10-19(30)24-21(11-16)45-36-26(24)31/h2-7,10-12,14,25,39,42H,8-9,13,15H2,1H3,(H2,31,36)(H,32,40)/t25-,29?/m0/s1. The second-order valence-electron chi connectivity index (χ2n) is 10.3. The Morgan fingerprint density at radius 1 is 1.27 bits per heavy atom. The summed E-state index contributed by atoms with van der Waals surface area (Å²) in [7, 11) is 1.45. The Labute approximate surface area is 253 Å². The highest BCUT2D eigenvalue weighted by atomic mass is 19.1. The molecule has 4 heterocycles. The lowest BCUT2D eigenvalue weighted by atomic mass is 9.86. The van der Waals surface area contributed by atoms with Crippen molar-refractivity contribution >= 4 is 34.4 Å². The van der Waals surface area contributed by atoms with Crippen molar-refractivity contribution in [2.75, 3.05) is 37.4 Å². The average Bonchev–Trinajstić information content (AvgIpc) is 3.67. The summed E-state index contributed by atoms with van der Waals surface area (Å²) in [6, 6.07) is 11.6. The summed E-state index contributed by atoms with van der Waals surface area (Å²) in [5.74, 6) is -1.99. The first kappa shape index (κ1) is 29.5. The van der Waals surface area contributed by atoms with E-state index in [0.717, 1.165) is 6.07 Å². The van der Waals surface area contributed by atoms with Gasteiger partial charge in [-0.05, 0) is 29.8 Å². The van der Waals surface area contributed by atoms with Crippen LogP contribution in [0.1, 0.15) is 15.9 Å². The number of fused-ring (bicyclic) bond motifs is 1. The summed E-state index contributed by atoms with van der Waals surface area (Å²) in [6.45, 7) is -0.391. The highest BCUT2D eigenvalue weighted by Gasteiger charge is 2.47. The number of morpholine rings is 1. The van der Waals surface area contributed by atoms with Crippen LogP contribution in [0.2, 0.25) is 0 Å². The number of anilines is 2. The lowest BCUT2D eigenvalue weighted by molar-refractivity contribution is -0.157. The van der Waals surface area contributed by atoms with Crippen LogP contribution in [0.5, 0.6) is 11.6 Å². The number of halogens is 1. The Balaban J connectivity index is 1.31. The van der Waals surface area contributed by atoms with Crippen molar-refractivity contribution in [1.29, 1.82) is 0 Å². The number of carbonyl (C=O) groups excluding carboxylic acids is 2. The summed E-state index contributed by atoms with van der Waals surface area (Å²) in [5, 5.41) is 40.6. The molecule has 1 saturated heterocycles. The van der Waals surface area contributed by atoms with Gasteiger partial charge in [-0.15, -0.1) is 10.2 Å². The molecule has 3 aromatic heterocycles. The lowest BCUT2D eigenvalue weighted by Gasteiger charge is -2.40. The second kappa shape index (κ2) is 11.8. The average molecular weight is 619 g/mol. The van der Waals surface area contributed by atoms with E-state index in [1.165, 1.54) is 41.1 Å². The number of phenols is 1. The van der Waals surface area contributed by atoms with Crippen LogP contribution in [-0.4, -0.2) is 85.7 Å². The van der Waals surface area contributed by atoms with E-state index in [0.29, 0.717) is 5.69 Å². The Bertz CT molecular complexity index is 1900. The van der Waals surface area contributed by atoms with Crippen molar-refractivity contribution in [2.45, 2.75) is 18.1 Å². The van der Waals surface area contributed by atoms with E-state index < -0.39 is 35.9 Å². The number of carbonyl (C=O) groups is 2. The van der Waals surface area contributed by atoms with Crippen LogP contribution < -0.4 is 20.7 Å². The summed E-state index contributed by atoms with van der Waals surface area (Å²) < 4.78 is 32.5. The van der Waals surface area contributed by atoms with Gasteiger partial charge in [0.2, 0.25) is 5.88 Å². The molecule has 0 bridgehead atoms. The third kappa shape index (κ3) is 5.71. The molecule has 0 spiro atoms. The molecule has 232 valence electrons. The van der Waals surface area contributed by atoms with E-state index in [4.69, 9.17) is 19.7 Å². The van der Waals surface area contributed by atoms with Crippen LogP contribution >= 0.6 is 0 Å². The number of ether oxygens (including phenoxy) is 2. The normalized spacial score (nSPS) is 16.5. The van der Waals surface area contributed by atoms with Gasteiger partial charge in [-0.2, -0.15) is 5.10 Å². The lowest BCUT2D eigenvalue weighted by Crippen LogP contribution is -2.63. The van der Waals surface area contributed by atoms with Crippen molar-refractivity contribution in [3.63, 3.8) is 0 Å². The molecular formula is C29H27FN8O7. The maximum Gasteiger partial charge on any atom is 0.260 e. The number of aromatic nitrogens is 5. The number of benzene rings is 2. The number of hydrogen-bond donors (Lipinski definition) is 4. The molecular weight excluding hydrogens is 591 g/mol. The molecule has 2 amide bonds.